The van der Waals surface area contributed by atoms with Crippen LogP contribution in [0.4, 0.5) is 30.4 Å². The molecule has 0 radical (unpaired) electrons. The van der Waals surface area contributed by atoms with E-state index < -0.39 is 34.3 Å². The Balaban J connectivity index is 2.05. The molecule has 1 aromatic heterocycles. The molecule has 11 heteroatoms. The fraction of sp³-hybridized carbons (Fsp3) is 0.417. The number of aromatic nitrogens is 1. The van der Waals surface area contributed by atoms with E-state index in [1.165, 1.54) is 25.1 Å². The average molecular weight is 490 g/mol. The highest BCUT2D eigenvalue weighted by Gasteiger charge is 2.47. The lowest BCUT2D eigenvalue weighted by Gasteiger charge is -2.36. The molecule has 0 saturated carbocycles. The summed E-state index contributed by atoms with van der Waals surface area (Å²) in [6.45, 7) is 5.45. The van der Waals surface area contributed by atoms with Gasteiger partial charge in [0.2, 0.25) is 0 Å². The number of hydrogen-bond acceptors (Lipinski definition) is 7. The van der Waals surface area contributed by atoms with Gasteiger partial charge in [-0.3, -0.25) is 10.1 Å². The summed E-state index contributed by atoms with van der Waals surface area (Å²) >= 11 is 0. The molecule has 0 fully saturated rings. The number of hydrogen-bond donors (Lipinski definition) is 2. The predicted molar refractivity (Wildman–Crippen MR) is 123 cm³/mol. The van der Waals surface area contributed by atoms with Crippen LogP contribution in [0.5, 0.6) is 0 Å². The third-order valence-electron chi connectivity index (χ3n) is 6.44. The topological polar surface area (TPSA) is 120 Å². The fourth-order valence-corrected chi connectivity index (χ4v) is 4.80. The number of pyridine rings is 1. The zero-order valence-corrected chi connectivity index (χ0v) is 19.5. The number of nitrogens with zero attached hydrogens (tertiary/aromatic N) is 2. The first-order valence-electron chi connectivity index (χ1n) is 11.1. The van der Waals surface area contributed by atoms with Crippen molar-refractivity contribution in [1.82, 2.24) is 4.98 Å². The summed E-state index contributed by atoms with van der Waals surface area (Å²) in [7, 11) is 0. The smallest absolute Gasteiger partial charge is 0.431 e. The van der Waals surface area contributed by atoms with Crippen LogP contribution in [-0.2, 0) is 22.4 Å². The van der Waals surface area contributed by atoms with Crippen molar-refractivity contribution in [2.75, 3.05) is 17.7 Å². The van der Waals surface area contributed by atoms with Crippen LogP contribution < -0.4 is 11.1 Å². The van der Waals surface area contributed by atoms with Crippen LogP contribution in [0.25, 0.3) is 0 Å². The number of benzene rings is 1. The van der Waals surface area contributed by atoms with Gasteiger partial charge in [0.25, 0.3) is 5.69 Å². The van der Waals surface area contributed by atoms with Crippen LogP contribution in [-0.4, -0.2) is 28.7 Å². The standard InChI is InChI=1S/C24H25F3N4O4/c1-4-35-22(32)18-16(12-6-5-7-13(10-12)31(33)34)17-19(28)14-11-23(2,3)9-8-15(14)29-21(17)30-20(18)24(25,26)27/h5-7,10,16H,4,8-9,11H2,1-3H3,(H3,28,29,30). The van der Waals surface area contributed by atoms with Gasteiger partial charge in [-0.2, -0.15) is 13.2 Å². The summed E-state index contributed by atoms with van der Waals surface area (Å²) < 4.78 is 47.7. The molecular formula is C24H25F3N4O4. The van der Waals surface area contributed by atoms with Crippen LogP contribution in [0.2, 0.25) is 0 Å². The fourth-order valence-electron chi connectivity index (χ4n) is 4.80. The number of nitro benzene ring substituents is 1. The van der Waals surface area contributed by atoms with E-state index in [4.69, 9.17) is 10.5 Å². The Morgan fingerprint density at radius 1 is 1.37 bits per heavy atom. The number of carbonyl (C=O) groups excluding carboxylic acids is 1. The average Bonchev–Trinajstić information content (AvgIpc) is 2.78. The Morgan fingerprint density at radius 3 is 2.71 bits per heavy atom. The molecule has 2 aromatic rings. The molecule has 1 atom stereocenters. The Labute approximate surface area is 199 Å². The second kappa shape index (κ2) is 8.54. The Hall–Kier alpha value is -3.63. The van der Waals surface area contributed by atoms with Gasteiger partial charge in [-0.15, -0.1) is 0 Å². The third kappa shape index (κ3) is 4.42. The van der Waals surface area contributed by atoms with E-state index in [1.54, 1.807) is 0 Å². The molecule has 1 aromatic carbocycles. The minimum absolute atomic E-state index is 0.100. The van der Waals surface area contributed by atoms with Crippen molar-refractivity contribution >= 4 is 23.2 Å². The number of carbonyl (C=O) groups is 1. The highest BCUT2D eigenvalue weighted by atomic mass is 19.4. The molecule has 4 rings (SSSR count). The number of nitrogen functional groups attached to an aromatic ring is 1. The maximum atomic E-state index is 14.2. The van der Waals surface area contributed by atoms with Gasteiger partial charge in [0.15, 0.2) is 0 Å². The number of fused-ring (bicyclic) bond motifs is 2. The molecule has 1 unspecified atom stereocenters. The molecule has 8 nitrogen and oxygen atoms in total. The van der Waals surface area contributed by atoms with E-state index in [9.17, 15) is 28.1 Å². The normalized spacial score (nSPS) is 18.9. The number of halogens is 3. The maximum Gasteiger partial charge on any atom is 0.431 e. The molecule has 3 N–H and O–H groups in total. The van der Waals surface area contributed by atoms with Crippen molar-refractivity contribution in [3.05, 3.63) is 68.0 Å². The van der Waals surface area contributed by atoms with Gasteiger partial charge >= 0.3 is 12.1 Å². The van der Waals surface area contributed by atoms with E-state index in [0.717, 1.165) is 18.1 Å². The van der Waals surface area contributed by atoms with Gasteiger partial charge in [-0.1, -0.05) is 26.0 Å². The lowest BCUT2D eigenvalue weighted by molar-refractivity contribution is -0.384. The monoisotopic (exact) mass is 490 g/mol. The number of aryl methyl sites for hydroxylation is 1. The summed E-state index contributed by atoms with van der Waals surface area (Å²) in [6.07, 6.45) is -3.07. The first kappa shape index (κ1) is 24.5. The molecule has 0 bridgehead atoms. The van der Waals surface area contributed by atoms with Gasteiger partial charge in [-0.05, 0) is 42.7 Å². The number of esters is 1. The zero-order chi connectivity index (χ0) is 25.7. The van der Waals surface area contributed by atoms with Crippen LogP contribution in [0.1, 0.15) is 55.5 Å². The summed E-state index contributed by atoms with van der Waals surface area (Å²) in [6, 6.07) is 5.16. The summed E-state index contributed by atoms with van der Waals surface area (Å²) in [5.41, 5.74) is 5.97. The van der Waals surface area contributed by atoms with Gasteiger partial charge in [0, 0.05) is 35.0 Å². The van der Waals surface area contributed by atoms with E-state index in [2.05, 4.69) is 24.1 Å². The minimum atomic E-state index is -4.95. The molecule has 35 heavy (non-hydrogen) atoms. The van der Waals surface area contributed by atoms with E-state index >= 15 is 0 Å². The first-order valence-corrected chi connectivity index (χ1v) is 11.1. The van der Waals surface area contributed by atoms with E-state index in [1.807, 2.05) is 0 Å². The summed E-state index contributed by atoms with van der Waals surface area (Å²) in [5, 5.41) is 13.7. The van der Waals surface area contributed by atoms with Crippen molar-refractivity contribution in [2.24, 2.45) is 5.41 Å². The number of ether oxygens (including phenoxy) is 1. The maximum absolute atomic E-state index is 14.2. The Bertz CT molecular complexity index is 1250. The van der Waals surface area contributed by atoms with Crippen molar-refractivity contribution in [2.45, 2.75) is 52.1 Å². The van der Waals surface area contributed by atoms with Gasteiger partial charge < -0.3 is 15.8 Å². The van der Waals surface area contributed by atoms with Crippen LogP contribution >= 0.6 is 0 Å². The number of non-ortho nitro benzene ring substituents is 1. The number of alkyl halides is 3. The first-order chi connectivity index (χ1) is 16.3. The molecule has 186 valence electrons. The van der Waals surface area contributed by atoms with Crippen molar-refractivity contribution < 1.29 is 27.6 Å². The Kier molecular flexibility index (Phi) is 5.98. The lowest BCUT2D eigenvalue weighted by atomic mass is 9.73. The molecule has 0 spiro atoms. The highest BCUT2D eigenvalue weighted by Crippen LogP contribution is 2.50. The number of anilines is 2. The summed E-state index contributed by atoms with van der Waals surface area (Å²) in [5.74, 6) is -2.67. The zero-order valence-electron chi connectivity index (χ0n) is 19.5. The van der Waals surface area contributed by atoms with Gasteiger partial charge in [0.1, 0.15) is 11.5 Å². The molecule has 0 amide bonds. The number of nitrogens with two attached hydrogens (primary N) is 1. The van der Waals surface area contributed by atoms with E-state index in [0.29, 0.717) is 18.5 Å². The number of allylic oxidation sites excluding steroid dienone is 1. The van der Waals surface area contributed by atoms with Crippen LogP contribution in [0.3, 0.4) is 0 Å². The minimum Gasteiger partial charge on any atom is -0.463 e. The second-order valence-corrected chi connectivity index (χ2v) is 9.47. The number of rotatable bonds is 4. The van der Waals surface area contributed by atoms with Crippen LogP contribution in [0.15, 0.2) is 35.5 Å². The Morgan fingerprint density at radius 2 is 2.09 bits per heavy atom. The van der Waals surface area contributed by atoms with Crippen molar-refractivity contribution in [3.8, 4) is 0 Å². The number of nitrogens with one attached hydrogen (secondary N) is 1. The number of nitro groups is 1. The third-order valence-corrected chi connectivity index (χ3v) is 6.44. The second-order valence-electron chi connectivity index (χ2n) is 9.47. The molecule has 1 aliphatic heterocycles. The molecular weight excluding hydrogens is 465 g/mol. The molecule has 1 aliphatic carbocycles. The van der Waals surface area contributed by atoms with Gasteiger partial charge in [0.05, 0.1) is 17.1 Å². The van der Waals surface area contributed by atoms with Crippen molar-refractivity contribution in [3.63, 3.8) is 0 Å². The molecule has 0 saturated heterocycles. The SMILES string of the molecule is CCOC(=O)C1=C(C(F)(F)F)Nc2nc3c(c(N)c2C1c1cccc([N+](=O)[O-])c1)CC(C)(C)CC3. The van der Waals surface area contributed by atoms with Gasteiger partial charge in [-0.25, -0.2) is 9.78 Å². The highest BCUT2D eigenvalue weighted by molar-refractivity contribution is 5.96. The lowest BCUT2D eigenvalue weighted by Crippen LogP contribution is -2.34. The summed E-state index contributed by atoms with van der Waals surface area (Å²) in [4.78, 5) is 28.2. The largest absolute Gasteiger partial charge is 0.463 e. The predicted octanol–water partition coefficient (Wildman–Crippen LogP) is 5.02. The van der Waals surface area contributed by atoms with E-state index in [-0.39, 0.29) is 40.3 Å². The quantitative estimate of drug-likeness (QED) is 0.351. The van der Waals surface area contributed by atoms with Crippen molar-refractivity contribution in [1.29, 1.82) is 0 Å². The molecule has 2 aliphatic rings. The van der Waals surface area contributed by atoms with Crippen LogP contribution in [0, 0.1) is 15.5 Å². The molecule has 2 heterocycles.